The van der Waals surface area contributed by atoms with Crippen LogP contribution in [0.5, 0.6) is 0 Å². The summed E-state index contributed by atoms with van der Waals surface area (Å²) >= 11 is 0. The van der Waals surface area contributed by atoms with Gasteiger partial charge in [-0.25, -0.2) is 9.37 Å². The molecular formula is C21H18F3N5O+. The molecule has 0 amide bonds. The van der Waals surface area contributed by atoms with Crippen molar-refractivity contribution in [2.45, 2.75) is 31.4 Å². The monoisotopic (exact) mass is 413 g/mol. The lowest BCUT2D eigenvalue weighted by atomic mass is 9.97. The molecule has 0 saturated carbocycles. The molecule has 9 heteroatoms. The van der Waals surface area contributed by atoms with Gasteiger partial charge in [0.2, 0.25) is 0 Å². The summed E-state index contributed by atoms with van der Waals surface area (Å²) in [7, 11) is 1.89. The SMILES string of the molecule is C[N+]1=C(C[C@H]2CCc3c2cccc3-n2cc3c(C(F)(F)F)cccn3c2=O)N=N[CH]1. The highest BCUT2D eigenvalue weighted by atomic mass is 19.4. The zero-order valence-electron chi connectivity index (χ0n) is 16.1. The van der Waals surface area contributed by atoms with Gasteiger partial charge in [-0.15, -0.1) is 0 Å². The standard InChI is InChI=1S/C21H18F3N5O/c1-27-12-25-26-19(27)10-13-7-8-15-14(13)4-2-6-17(15)29-11-18-16(21(22,23)24)5-3-9-28(18)20(29)30/h2-6,9,11-13H,7-8,10H2,1H3/q+1/t13-/m1/s1. The van der Waals surface area contributed by atoms with Gasteiger partial charge in [0, 0.05) is 12.4 Å². The van der Waals surface area contributed by atoms with Crippen LogP contribution in [-0.2, 0) is 12.6 Å². The summed E-state index contributed by atoms with van der Waals surface area (Å²) in [6, 6.07) is 7.90. The Morgan fingerprint density at radius 3 is 2.80 bits per heavy atom. The molecule has 0 fully saturated rings. The minimum absolute atomic E-state index is 0.152. The van der Waals surface area contributed by atoms with Gasteiger partial charge in [-0.1, -0.05) is 12.1 Å². The number of fused-ring (bicyclic) bond motifs is 2. The van der Waals surface area contributed by atoms with Crippen molar-refractivity contribution in [1.82, 2.24) is 8.97 Å². The van der Waals surface area contributed by atoms with E-state index < -0.39 is 17.4 Å². The summed E-state index contributed by atoms with van der Waals surface area (Å²) in [5.41, 5.74) is 1.25. The summed E-state index contributed by atoms with van der Waals surface area (Å²) in [5, 5.41) is 8.08. The number of hydrogen-bond acceptors (Lipinski definition) is 3. The first kappa shape index (κ1) is 18.8. The smallest absolute Gasteiger partial charge is 0.267 e. The minimum atomic E-state index is -4.54. The van der Waals surface area contributed by atoms with Crippen molar-refractivity contribution in [2.75, 3.05) is 7.05 Å². The fraction of sp³-hybridized carbons (Fsp3) is 0.286. The molecule has 3 heterocycles. The average Bonchev–Trinajstić information content (AvgIpc) is 3.40. The van der Waals surface area contributed by atoms with Gasteiger partial charge in [0.15, 0.2) is 0 Å². The van der Waals surface area contributed by atoms with Crippen LogP contribution in [-0.4, -0.2) is 26.4 Å². The van der Waals surface area contributed by atoms with Crippen molar-refractivity contribution in [3.8, 4) is 5.69 Å². The van der Waals surface area contributed by atoms with Crippen LogP contribution in [0.2, 0.25) is 0 Å². The molecule has 30 heavy (non-hydrogen) atoms. The summed E-state index contributed by atoms with van der Waals surface area (Å²) in [6.07, 6.45) is 0.469. The molecule has 0 bridgehead atoms. The van der Waals surface area contributed by atoms with E-state index in [9.17, 15) is 18.0 Å². The van der Waals surface area contributed by atoms with Gasteiger partial charge < -0.3 is 0 Å². The van der Waals surface area contributed by atoms with E-state index in [1.165, 1.54) is 23.0 Å². The number of aromatic nitrogens is 2. The molecule has 2 aromatic heterocycles. The van der Waals surface area contributed by atoms with E-state index in [1.807, 2.05) is 23.8 Å². The lowest BCUT2D eigenvalue weighted by Gasteiger charge is -2.11. The van der Waals surface area contributed by atoms with Gasteiger partial charge in [0.25, 0.3) is 6.67 Å². The van der Waals surface area contributed by atoms with Gasteiger partial charge in [-0.05, 0) is 53.2 Å². The Hall–Kier alpha value is -3.23. The molecule has 5 rings (SSSR count). The molecule has 1 atom stereocenters. The molecular weight excluding hydrogens is 395 g/mol. The fourth-order valence-electron chi connectivity index (χ4n) is 4.40. The Bertz CT molecular complexity index is 1280. The highest BCUT2D eigenvalue weighted by Gasteiger charge is 2.34. The molecule has 0 N–H and O–H groups in total. The number of imidazole rings is 1. The van der Waals surface area contributed by atoms with Gasteiger partial charge in [-0.2, -0.15) is 13.2 Å². The minimum Gasteiger partial charge on any atom is -0.267 e. The maximum absolute atomic E-state index is 13.4. The van der Waals surface area contributed by atoms with E-state index >= 15 is 0 Å². The maximum Gasteiger partial charge on any atom is 0.418 e. The van der Waals surface area contributed by atoms with Gasteiger partial charge in [0.05, 0.1) is 35.4 Å². The van der Waals surface area contributed by atoms with Crippen LogP contribution in [0.25, 0.3) is 11.2 Å². The number of alkyl halides is 3. The van der Waals surface area contributed by atoms with Crippen LogP contribution in [0, 0.1) is 6.67 Å². The zero-order valence-corrected chi connectivity index (χ0v) is 16.1. The van der Waals surface area contributed by atoms with Crippen molar-refractivity contribution >= 4 is 11.4 Å². The highest BCUT2D eigenvalue weighted by molar-refractivity contribution is 5.79. The summed E-state index contributed by atoms with van der Waals surface area (Å²) < 4.78 is 44.5. The quantitative estimate of drug-likeness (QED) is 0.595. The first-order chi connectivity index (χ1) is 14.3. The number of nitrogens with zero attached hydrogens (tertiary/aromatic N) is 5. The normalized spacial score (nSPS) is 18.6. The lowest BCUT2D eigenvalue weighted by molar-refractivity contribution is -0.451. The van der Waals surface area contributed by atoms with Gasteiger partial charge in [-0.3, -0.25) is 8.97 Å². The number of azo groups is 1. The Balaban J connectivity index is 1.61. The second-order valence-electron chi connectivity index (χ2n) is 7.60. The van der Waals surface area contributed by atoms with E-state index in [0.717, 1.165) is 46.7 Å². The molecule has 6 nitrogen and oxygen atoms in total. The number of hydrogen-bond donors (Lipinski definition) is 0. The maximum atomic E-state index is 13.4. The van der Waals surface area contributed by atoms with E-state index in [4.69, 9.17) is 0 Å². The molecule has 1 radical (unpaired) electrons. The van der Waals surface area contributed by atoms with Crippen molar-refractivity contribution in [3.05, 3.63) is 76.6 Å². The number of benzene rings is 1. The summed E-state index contributed by atoms with van der Waals surface area (Å²) in [4.78, 5) is 12.9. The van der Waals surface area contributed by atoms with Crippen molar-refractivity contribution in [3.63, 3.8) is 0 Å². The van der Waals surface area contributed by atoms with Crippen molar-refractivity contribution < 1.29 is 17.7 Å². The van der Waals surface area contributed by atoms with E-state index in [0.29, 0.717) is 5.69 Å². The highest BCUT2D eigenvalue weighted by Crippen LogP contribution is 2.39. The Morgan fingerprint density at radius 2 is 2.07 bits per heavy atom. The Labute approximate surface area is 169 Å². The molecule has 1 aliphatic carbocycles. The molecule has 1 aliphatic heterocycles. The van der Waals surface area contributed by atoms with Gasteiger partial charge >= 0.3 is 17.7 Å². The van der Waals surface area contributed by atoms with Crippen LogP contribution >= 0.6 is 0 Å². The van der Waals surface area contributed by atoms with Crippen LogP contribution in [0.4, 0.5) is 13.2 Å². The first-order valence-electron chi connectivity index (χ1n) is 9.59. The molecule has 0 saturated heterocycles. The zero-order chi connectivity index (χ0) is 21.0. The third kappa shape index (κ3) is 2.88. The Morgan fingerprint density at radius 1 is 1.23 bits per heavy atom. The summed E-state index contributed by atoms with van der Waals surface area (Å²) in [6.45, 7) is 1.66. The van der Waals surface area contributed by atoms with Gasteiger partial charge in [0.1, 0.15) is 0 Å². The first-order valence-corrected chi connectivity index (χ1v) is 9.59. The predicted octanol–water partition coefficient (Wildman–Crippen LogP) is 4.15. The number of amidine groups is 1. The van der Waals surface area contributed by atoms with Crippen LogP contribution < -0.4 is 5.69 Å². The number of halogens is 3. The third-order valence-corrected chi connectivity index (χ3v) is 5.87. The second-order valence-corrected chi connectivity index (χ2v) is 7.60. The molecule has 0 spiro atoms. The molecule has 0 unspecified atom stereocenters. The molecule has 2 aliphatic rings. The van der Waals surface area contributed by atoms with E-state index in [1.54, 1.807) is 12.7 Å². The number of rotatable bonds is 3. The fourth-order valence-corrected chi connectivity index (χ4v) is 4.40. The topological polar surface area (TPSA) is 54.1 Å². The van der Waals surface area contributed by atoms with E-state index in [-0.39, 0.29) is 11.4 Å². The molecule has 3 aromatic rings. The van der Waals surface area contributed by atoms with Crippen LogP contribution in [0.15, 0.2) is 57.7 Å². The van der Waals surface area contributed by atoms with Crippen LogP contribution in [0.1, 0.15) is 35.4 Å². The largest absolute Gasteiger partial charge is 0.418 e. The van der Waals surface area contributed by atoms with E-state index in [2.05, 4.69) is 10.2 Å². The molecule has 1 aromatic carbocycles. The third-order valence-electron chi connectivity index (χ3n) is 5.87. The average molecular weight is 413 g/mol. The lowest BCUT2D eigenvalue weighted by Crippen LogP contribution is -2.19. The van der Waals surface area contributed by atoms with Crippen molar-refractivity contribution in [1.29, 1.82) is 0 Å². The molecule has 153 valence electrons. The van der Waals surface area contributed by atoms with Crippen molar-refractivity contribution in [2.24, 2.45) is 10.2 Å². The second kappa shape index (κ2) is 6.65. The van der Waals surface area contributed by atoms with Crippen LogP contribution in [0.3, 0.4) is 0 Å². The number of pyridine rings is 1. The Kier molecular flexibility index (Phi) is 4.16. The summed E-state index contributed by atoms with van der Waals surface area (Å²) in [5.74, 6) is 1.10. The predicted molar refractivity (Wildman–Crippen MR) is 104 cm³/mol.